The van der Waals surface area contributed by atoms with Crippen LogP contribution in [0.4, 0.5) is 5.69 Å². The Labute approximate surface area is 78.0 Å². The predicted molar refractivity (Wildman–Crippen MR) is 48.2 cm³/mol. The van der Waals surface area contributed by atoms with Gasteiger partial charge in [0.05, 0.1) is 0 Å². The molecule has 1 aromatic carbocycles. The molecule has 0 bridgehead atoms. The van der Waals surface area contributed by atoms with Gasteiger partial charge in [0.25, 0.3) is 0 Å². The average molecular weight is 247 g/mol. The van der Waals surface area contributed by atoms with E-state index < -0.39 is 14.2 Å². The standard InChI is InChI=1S/C7H10AsNO4/c1-9-6-4-5(8(11,12)13)2-3-7(6)10/h2-4,9-10H,1H3,(H2,11,12,13). The van der Waals surface area contributed by atoms with Crippen LogP contribution in [0.5, 0.6) is 5.75 Å². The normalized spacial score (nSPS) is 11.3. The van der Waals surface area contributed by atoms with Gasteiger partial charge in [0.2, 0.25) is 0 Å². The number of benzene rings is 1. The second-order valence-electron chi connectivity index (χ2n) is 2.50. The third kappa shape index (κ3) is 2.27. The number of anilines is 1. The fraction of sp³-hybridized carbons (Fsp3) is 0.143. The van der Waals surface area contributed by atoms with Crippen LogP contribution < -0.4 is 9.67 Å². The number of rotatable bonds is 2. The molecule has 0 radical (unpaired) electrons. The molecule has 0 aliphatic rings. The Hall–Kier alpha value is -0.902. The van der Waals surface area contributed by atoms with Gasteiger partial charge in [-0.1, -0.05) is 0 Å². The first-order chi connectivity index (χ1) is 5.95. The maximum absolute atomic E-state index is 10.9. The third-order valence-electron chi connectivity index (χ3n) is 1.59. The summed E-state index contributed by atoms with van der Waals surface area (Å²) < 4.78 is 28.5. The molecule has 0 amide bonds. The van der Waals surface area contributed by atoms with Gasteiger partial charge in [-0.05, 0) is 0 Å². The molecule has 0 aliphatic heterocycles. The minimum atomic E-state index is -4.83. The van der Waals surface area contributed by atoms with Crippen molar-refractivity contribution in [3.63, 3.8) is 0 Å². The van der Waals surface area contributed by atoms with Crippen LogP contribution in [0.25, 0.3) is 0 Å². The van der Waals surface area contributed by atoms with E-state index in [0.717, 1.165) is 0 Å². The second kappa shape index (κ2) is 3.46. The summed E-state index contributed by atoms with van der Waals surface area (Å²) in [5.41, 5.74) is 0.308. The summed E-state index contributed by atoms with van der Waals surface area (Å²) in [6, 6.07) is 3.72. The van der Waals surface area contributed by atoms with Crippen LogP contribution in [-0.2, 0) is 3.74 Å². The molecule has 0 fully saturated rings. The topological polar surface area (TPSA) is 89.8 Å². The molecule has 0 unspecified atom stereocenters. The summed E-state index contributed by atoms with van der Waals surface area (Å²) in [7, 11) is 1.56. The van der Waals surface area contributed by atoms with E-state index in [1.807, 2.05) is 0 Å². The molecule has 1 rings (SSSR count). The molecule has 0 aromatic heterocycles. The van der Waals surface area contributed by atoms with Crippen LogP contribution >= 0.6 is 0 Å². The molecular formula is C7H10AsNO4. The molecule has 4 N–H and O–H groups in total. The molecule has 0 atom stereocenters. The first-order valence-electron chi connectivity index (χ1n) is 3.52. The van der Waals surface area contributed by atoms with Gasteiger partial charge in [0, 0.05) is 0 Å². The van der Waals surface area contributed by atoms with Crippen LogP contribution in [0.15, 0.2) is 18.2 Å². The van der Waals surface area contributed by atoms with Gasteiger partial charge in [0.15, 0.2) is 0 Å². The molecule has 1 aromatic rings. The quantitative estimate of drug-likeness (QED) is 0.397. The predicted octanol–water partition coefficient (Wildman–Crippen LogP) is -1.01. The van der Waals surface area contributed by atoms with E-state index in [2.05, 4.69) is 5.32 Å². The fourth-order valence-electron chi connectivity index (χ4n) is 0.905. The molecule has 72 valence electrons. The summed E-state index contributed by atoms with van der Waals surface area (Å²) in [6.07, 6.45) is 0. The zero-order valence-electron chi connectivity index (χ0n) is 6.93. The van der Waals surface area contributed by atoms with Gasteiger partial charge in [-0.2, -0.15) is 0 Å². The van der Waals surface area contributed by atoms with Crippen molar-refractivity contribution in [1.29, 1.82) is 0 Å². The van der Waals surface area contributed by atoms with Crippen molar-refractivity contribution in [2.45, 2.75) is 0 Å². The van der Waals surface area contributed by atoms with E-state index in [9.17, 15) is 8.85 Å². The van der Waals surface area contributed by atoms with Gasteiger partial charge < -0.3 is 0 Å². The van der Waals surface area contributed by atoms with Crippen molar-refractivity contribution >= 4 is 24.2 Å². The molecule has 5 nitrogen and oxygen atoms in total. The number of nitrogens with one attached hydrogen (secondary N) is 1. The Morgan fingerprint density at radius 3 is 2.46 bits per heavy atom. The van der Waals surface area contributed by atoms with Crippen molar-refractivity contribution in [3.05, 3.63) is 18.2 Å². The van der Waals surface area contributed by atoms with Gasteiger partial charge >= 0.3 is 77.6 Å². The summed E-state index contributed by atoms with van der Waals surface area (Å²) in [5.74, 6) is -0.0322. The van der Waals surface area contributed by atoms with Crippen LogP contribution in [0.2, 0.25) is 0 Å². The zero-order chi connectivity index (χ0) is 10.1. The fourth-order valence-corrected chi connectivity index (χ4v) is 2.09. The van der Waals surface area contributed by atoms with E-state index in [0.29, 0.717) is 5.69 Å². The first-order valence-corrected chi connectivity index (χ1v) is 6.90. The van der Waals surface area contributed by atoms with Crippen LogP contribution in [-0.4, -0.2) is 34.5 Å². The van der Waals surface area contributed by atoms with Crippen molar-refractivity contribution in [2.24, 2.45) is 0 Å². The van der Waals surface area contributed by atoms with Crippen LogP contribution in [0.3, 0.4) is 0 Å². The molecule has 0 aliphatic carbocycles. The Morgan fingerprint density at radius 2 is 2.00 bits per heavy atom. The monoisotopic (exact) mass is 247 g/mol. The van der Waals surface area contributed by atoms with Crippen molar-refractivity contribution < 1.29 is 17.0 Å². The SMILES string of the molecule is CNc1cc([As](=O)(O)O)ccc1O. The Morgan fingerprint density at radius 1 is 1.38 bits per heavy atom. The summed E-state index contributed by atoms with van der Waals surface area (Å²) in [4.78, 5) is 0. The third-order valence-corrected chi connectivity index (χ3v) is 3.58. The summed E-state index contributed by atoms with van der Waals surface area (Å²) >= 11 is -4.83. The van der Waals surface area contributed by atoms with Crippen molar-refractivity contribution in [3.8, 4) is 5.75 Å². The minimum absolute atomic E-state index is 0.0322. The van der Waals surface area contributed by atoms with E-state index in [1.54, 1.807) is 7.05 Å². The molecule has 6 heteroatoms. The number of phenols is 1. The number of hydrogen-bond acceptors (Lipinski definition) is 3. The Kier molecular flexibility index (Phi) is 2.71. The molecule has 13 heavy (non-hydrogen) atoms. The van der Waals surface area contributed by atoms with Crippen LogP contribution in [0.1, 0.15) is 0 Å². The first kappa shape index (κ1) is 10.2. The van der Waals surface area contributed by atoms with E-state index in [1.165, 1.54) is 18.2 Å². The summed E-state index contributed by atoms with van der Waals surface area (Å²) in [6.45, 7) is 0. The zero-order valence-corrected chi connectivity index (χ0v) is 8.81. The molecule has 0 saturated carbocycles. The second-order valence-corrected chi connectivity index (χ2v) is 5.86. The van der Waals surface area contributed by atoms with E-state index >= 15 is 0 Å². The number of hydrogen-bond donors (Lipinski definition) is 4. The molecular weight excluding hydrogens is 237 g/mol. The maximum atomic E-state index is 10.9. The van der Waals surface area contributed by atoms with E-state index in [-0.39, 0.29) is 10.1 Å². The number of aromatic hydroxyl groups is 1. The number of phenolic OH excluding ortho intramolecular Hbond substituents is 1. The Balaban J connectivity index is 3.22. The van der Waals surface area contributed by atoms with Gasteiger partial charge in [-0.25, -0.2) is 0 Å². The van der Waals surface area contributed by atoms with Gasteiger partial charge in [-0.15, -0.1) is 0 Å². The van der Waals surface area contributed by atoms with E-state index in [4.69, 9.17) is 8.19 Å². The Bertz CT molecular complexity index is 360. The molecule has 0 spiro atoms. The van der Waals surface area contributed by atoms with Crippen LogP contribution in [0, 0.1) is 0 Å². The summed E-state index contributed by atoms with van der Waals surface area (Å²) in [5, 5.41) is 11.8. The van der Waals surface area contributed by atoms with Crippen molar-refractivity contribution in [2.75, 3.05) is 12.4 Å². The molecule has 0 heterocycles. The van der Waals surface area contributed by atoms with Gasteiger partial charge in [0.1, 0.15) is 0 Å². The van der Waals surface area contributed by atoms with Crippen molar-refractivity contribution in [1.82, 2.24) is 0 Å². The molecule has 0 saturated heterocycles. The average Bonchev–Trinajstić information content (AvgIpc) is 2.03. The van der Waals surface area contributed by atoms with Gasteiger partial charge in [-0.3, -0.25) is 0 Å².